The van der Waals surface area contributed by atoms with Gasteiger partial charge in [-0.3, -0.25) is 58.1 Å². The molecule has 1 rings (SSSR count). The fourth-order valence-electron chi connectivity index (χ4n) is 7.16. The van der Waals surface area contributed by atoms with Crippen LogP contribution in [0.1, 0.15) is 103 Å². The number of carboxylic acids is 2. The fourth-order valence-corrected chi connectivity index (χ4v) is 7.16. The van der Waals surface area contributed by atoms with Crippen LogP contribution in [-0.2, 0) is 59.2 Å². The van der Waals surface area contributed by atoms with Crippen molar-refractivity contribution in [1.82, 2.24) is 47.9 Å². The van der Waals surface area contributed by atoms with Crippen LogP contribution >= 0.6 is 0 Å². The lowest BCUT2D eigenvalue weighted by Crippen LogP contribution is -2.60. The number of nitrogens with two attached hydrogens (primary N) is 5. The highest BCUT2D eigenvalue weighted by Crippen LogP contribution is 2.14. The summed E-state index contributed by atoms with van der Waals surface area (Å²) in [6.07, 6.45) is -0.327. The molecule has 0 aliphatic carbocycles. The van der Waals surface area contributed by atoms with Gasteiger partial charge in [0.05, 0.1) is 12.6 Å². The number of phenolic OH excluding ortho intramolecular Hbond substituents is 1. The number of rotatable bonds is 38. The third kappa shape index (κ3) is 27.0. The molecule has 0 aliphatic rings. The minimum Gasteiger partial charge on any atom is -0.508 e. The molecule has 29 nitrogen and oxygen atoms in total. The maximum absolute atomic E-state index is 14.1. The second-order valence-electron chi connectivity index (χ2n) is 18.3. The number of hydrogen-bond acceptors (Lipinski definition) is 16. The van der Waals surface area contributed by atoms with Crippen LogP contribution in [0.5, 0.6) is 5.75 Å². The summed E-state index contributed by atoms with van der Waals surface area (Å²) in [5.74, 6) is -11.8. The smallest absolute Gasteiger partial charge is 0.325 e. The summed E-state index contributed by atoms with van der Waals surface area (Å²) in [4.78, 5) is 144. The number of nitrogens with one attached hydrogen (secondary N) is 10. The predicted molar refractivity (Wildman–Crippen MR) is 275 cm³/mol. The SMILES string of the molecule is CC(NC(=O)C(Cc1ccc(O)cc1)NC(=O)C(CCC(=O)O)NC(=O)C(CCCCN)NC(=O)C(CCC(N)=O)NC(=O)C(NC(=O)C(CCCCN)NC(=O)CNC(=O)C(N)CCCNC(=N)N)C(C)C)C(=O)O. The van der Waals surface area contributed by atoms with Crippen molar-refractivity contribution in [3.63, 3.8) is 0 Å². The van der Waals surface area contributed by atoms with Crippen molar-refractivity contribution < 1.29 is 68.1 Å². The zero-order valence-electron chi connectivity index (χ0n) is 43.2. The van der Waals surface area contributed by atoms with Crippen molar-refractivity contribution >= 4 is 71.1 Å². The number of hydrogen-bond donors (Lipinski definition) is 18. The lowest BCUT2D eigenvalue weighted by molar-refractivity contribution is -0.141. The molecule has 0 saturated heterocycles. The molecule has 1 aromatic rings. The number of amides is 9. The normalized spacial score (nSPS) is 14.1. The molecule has 23 N–H and O–H groups in total. The van der Waals surface area contributed by atoms with E-state index in [9.17, 15) is 68.1 Å². The Morgan fingerprint density at radius 2 is 1.03 bits per heavy atom. The van der Waals surface area contributed by atoms with Gasteiger partial charge in [0.25, 0.3) is 0 Å². The zero-order chi connectivity index (χ0) is 57.5. The first-order valence-electron chi connectivity index (χ1n) is 24.9. The third-order valence-corrected chi connectivity index (χ3v) is 11.5. The number of aromatic hydroxyl groups is 1. The van der Waals surface area contributed by atoms with Crippen molar-refractivity contribution in [3.8, 4) is 5.75 Å². The largest absolute Gasteiger partial charge is 0.508 e. The van der Waals surface area contributed by atoms with E-state index in [1.54, 1.807) is 13.8 Å². The molecular weight excluding hydrogens is 999 g/mol. The second kappa shape index (κ2) is 35.5. The Morgan fingerprint density at radius 1 is 0.553 bits per heavy atom. The van der Waals surface area contributed by atoms with Crippen LogP contribution in [-0.4, -0.2) is 161 Å². The molecule has 0 aromatic heterocycles. The van der Waals surface area contributed by atoms with Gasteiger partial charge in [-0.25, -0.2) is 0 Å². The fraction of sp³-hybridized carbons (Fsp3) is 0.617. The van der Waals surface area contributed by atoms with Crippen LogP contribution in [0.4, 0.5) is 0 Å². The van der Waals surface area contributed by atoms with E-state index >= 15 is 0 Å². The molecule has 0 heterocycles. The molecule has 426 valence electrons. The van der Waals surface area contributed by atoms with Crippen LogP contribution in [0, 0.1) is 11.3 Å². The van der Waals surface area contributed by atoms with Crippen molar-refractivity contribution in [2.45, 2.75) is 153 Å². The molecule has 1 aromatic carbocycles. The van der Waals surface area contributed by atoms with E-state index in [1.165, 1.54) is 31.2 Å². The number of phenols is 1. The van der Waals surface area contributed by atoms with Crippen LogP contribution in [0.2, 0.25) is 0 Å². The lowest BCUT2D eigenvalue weighted by atomic mass is 10.00. The molecular formula is C47H79N15O14. The number of primary amides is 1. The summed E-state index contributed by atoms with van der Waals surface area (Å²) in [6, 6.07) is -5.72. The van der Waals surface area contributed by atoms with Crippen LogP contribution < -0.4 is 76.5 Å². The quantitative estimate of drug-likeness (QED) is 0.0168. The van der Waals surface area contributed by atoms with Crippen LogP contribution in [0.15, 0.2) is 24.3 Å². The minimum absolute atomic E-state index is 0.0652. The van der Waals surface area contributed by atoms with Gasteiger partial charge in [-0.05, 0) is 108 Å². The van der Waals surface area contributed by atoms with Crippen molar-refractivity contribution in [3.05, 3.63) is 29.8 Å². The van der Waals surface area contributed by atoms with Gasteiger partial charge in [-0.1, -0.05) is 26.0 Å². The Morgan fingerprint density at radius 3 is 1.51 bits per heavy atom. The van der Waals surface area contributed by atoms with Gasteiger partial charge < -0.3 is 91.8 Å². The lowest BCUT2D eigenvalue weighted by Gasteiger charge is -2.29. The average molecular weight is 1080 g/mol. The number of carbonyl (C=O) groups excluding carboxylic acids is 9. The van der Waals surface area contributed by atoms with Gasteiger partial charge in [-0.2, -0.15) is 0 Å². The molecule has 8 unspecified atom stereocenters. The molecule has 0 radical (unpaired) electrons. The van der Waals surface area contributed by atoms with Crippen molar-refractivity contribution in [1.29, 1.82) is 5.41 Å². The molecule has 0 saturated carbocycles. The number of guanidine groups is 1. The van der Waals surface area contributed by atoms with E-state index in [4.69, 9.17) is 34.1 Å². The molecule has 0 fully saturated rings. The van der Waals surface area contributed by atoms with Gasteiger partial charge in [0, 0.05) is 25.8 Å². The Labute approximate surface area is 440 Å². The third-order valence-electron chi connectivity index (χ3n) is 11.5. The topological polar surface area (TPSA) is 511 Å². The van der Waals surface area contributed by atoms with E-state index < -0.39 is 152 Å². The van der Waals surface area contributed by atoms with E-state index in [2.05, 4.69) is 47.9 Å². The van der Waals surface area contributed by atoms with E-state index in [0.29, 0.717) is 37.8 Å². The maximum Gasteiger partial charge on any atom is 0.325 e. The highest BCUT2D eigenvalue weighted by molar-refractivity contribution is 5.98. The second-order valence-corrected chi connectivity index (χ2v) is 18.3. The predicted octanol–water partition coefficient (Wildman–Crippen LogP) is -4.82. The van der Waals surface area contributed by atoms with Gasteiger partial charge in [-0.15, -0.1) is 0 Å². The summed E-state index contributed by atoms with van der Waals surface area (Å²) in [7, 11) is 0. The van der Waals surface area contributed by atoms with E-state index in [1.807, 2.05) is 0 Å². The highest BCUT2D eigenvalue weighted by Gasteiger charge is 2.35. The van der Waals surface area contributed by atoms with Gasteiger partial charge in [0.15, 0.2) is 5.96 Å². The van der Waals surface area contributed by atoms with Gasteiger partial charge >= 0.3 is 11.9 Å². The Balaban J connectivity index is 3.42. The first-order chi connectivity index (χ1) is 35.8. The summed E-state index contributed by atoms with van der Waals surface area (Å²) < 4.78 is 0. The summed E-state index contributed by atoms with van der Waals surface area (Å²) >= 11 is 0. The highest BCUT2D eigenvalue weighted by atomic mass is 16.4. The van der Waals surface area contributed by atoms with E-state index in [-0.39, 0.29) is 56.9 Å². The average Bonchev–Trinajstić information content (AvgIpc) is 3.35. The molecule has 9 amide bonds. The van der Waals surface area contributed by atoms with Gasteiger partial charge in [0.1, 0.15) is 48.0 Å². The minimum atomic E-state index is -1.66. The Hall–Kier alpha value is -7.66. The van der Waals surface area contributed by atoms with E-state index in [0.717, 1.165) is 0 Å². The monoisotopic (exact) mass is 1080 g/mol. The number of benzene rings is 1. The first kappa shape index (κ1) is 66.4. The summed E-state index contributed by atoms with van der Waals surface area (Å²) in [6.45, 7) is 4.51. The number of aliphatic carboxylic acids is 2. The molecule has 8 atom stereocenters. The first-order valence-corrected chi connectivity index (χ1v) is 24.9. The van der Waals surface area contributed by atoms with Crippen molar-refractivity contribution in [2.75, 3.05) is 26.2 Å². The number of carbonyl (C=O) groups is 11. The number of unbranched alkanes of at least 4 members (excludes halogenated alkanes) is 2. The maximum atomic E-state index is 14.1. The van der Waals surface area contributed by atoms with Gasteiger partial charge in [0.2, 0.25) is 53.2 Å². The molecule has 0 spiro atoms. The van der Waals surface area contributed by atoms with Crippen LogP contribution in [0.25, 0.3) is 0 Å². The standard InChI is InChI=1S/C47H79N15O14/c1-25(2)38(62-43(72)30(10-4-6-20-48)57-36(65)24-55-39(68)29(50)9-8-22-54-47(52)53)45(74)60-32(16-18-35(51)64)41(70)58-31(11-5-7-21-49)40(69)59-33(17-19-37(66)67)42(71)61-34(44(73)56-26(3)46(75)76)23-27-12-14-28(63)15-13-27/h12-15,25-26,29-34,38,63H,4-11,16-24,48-50H2,1-3H3,(H2,51,64)(H,55,68)(H,56,73)(H,57,65)(H,58,70)(H,59,69)(H,60,74)(H,61,71)(H,62,72)(H,66,67)(H,75,76)(H4,52,53,54). The Kier molecular flexibility index (Phi) is 31.0. The Bertz CT molecular complexity index is 2130. The zero-order valence-corrected chi connectivity index (χ0v) is 43.2. The summed E-state index contributed by atoms with van der Waals surface area (Å²) in [5.41, 5.74) is 28.3. The molecule has 0 aliphatic heterocycles. The molecule has 76 heavy (non-hydrogen) atoms. The molecule has 0 bridgehead atoms. The van der Waals surface area contributed by atoms with Crippen molar-refractivity contribution in [2.24, 2.45) is 34.6 Å². The summed E-state index contributed by atoms with van der Waals surface area (Å²) in [5, 5.41) is 58.2. The van der Waals surface area contributed by atoms with Crippen LogP contribution in [0.3, 0.4) is 0 Å². The number of carboxylic acid groups (broad SMARTS) is 2. The molecule has 29 heteroatoms.